The van der Waals surface area contributed by atoms with Crippen LogP contribution in [0.4, 0.5) is 14.7 Å². The van der Waals surface area contributed by atoms with Gasteiger partial charge < -0.3 is 5.32 Å². The maximum Gasteiger partial charge on any atom is 0.334 e. The molecule has 0 radical (unpaired) electrons. The van der Waals surface area contributed by atoms with Crippen molar-refractivity contribution in [1.29, 1.82) is 0 Å². The van der Waals surface area contributed by atoms with Crippen molar-refractivity contribution in [2.24, 2.45) is 0 Å². The molecule has 0 aliphatic heterocycles. The second-order valence-corrected chi connectivity index (χ2v) is 5.95. The molecule has 9 heteroatoms. The Balaban J connectivity index is 1.69. The molecule has 140 valence electrons. The molecule has 2 N–H and O–H groups in total. The van der Waals surface area contributed by atoms with Crippen LogP contribution in [0, 0.1) is 11.6 Å². The highest BCUT2D eigenvalue weighted by molar-refractivity contribution is 5.73. The van der Waals surface area contributed by atoms with E-state index < -0.39 is 22.9 Å². The van der Waals surface area contributed by atoms with Crippen LogP contribution < -0.4 is 16.6 Å². The highest BCUT2D eigenvalue weighted by atomic mass is 19.1. The summed E-state index contributed by atoms with van der Waals surface area (Å²) in [6.07, 6.45) is 1.27. The number of fused-ring (bicyclic) bond motifs is 1. The number of hydrogen-bond acceptors (Lipinski definition) is 5. The van der Waals surface area contributed by atoms with E-state index in [-0.39, 0.29) is 29.1 Å². The van der Waals surface area contributed by atoms with Gasteiger partial charge in [-0.3, -0.25) is 9.78 Å². The maximum absolute atomic E-state index is 13.7. The van der Waals surface area contributed by atoms with Crippen LogP contribution in [0.2, 0.25) is 0 Å². The predicted octanol–water partition coefficient (Wildman–Crippen LogP) is 2.36. The monoisotopic (exact) mass is 381 g/mol. The first-order valence-corrected chi connectivity index (χ1v) is 8.28. The van der Waals surface area contributed by atoms with Crippen LogP contribution in [-0.2, 0) is 6.54 Å². The van der Waals surface area contributed by atoms with E-state index >= 15 is 0 Å². The zero-order valence-corrected chi connectivity index (χ0v) is 14.3. The summed E-state index contributed by atoms with van der Waals surface area (Å²) in [7, 11) is 0. The van der Waals surface area contributed by atoms with Crippen molar-refractivity contribution in [2.75, 3.05) is 5.32 Å². The van der Waals surface area contributed by atoms with Crippen molar-refractivity contribution in [1.82, 2.24) is 19.5 Å². The molecule has 0 spiro atoms. The Labute approximate surface area is 156 Å². The summed E-state index contributed by atoms with van der Waals surface area (Å²) in [6.45, 7) is -0.0690. The molecule has 0 saturated carbocycles. The van der Waals surface area contributed by atoms with Crippen LogP contribution in [0.15, 0.2) is 64.3 Å². The molecule has 0 unspecified atom stereocenters. The highest BCUT2D eigenvalue weighted by Gasteiger charge is 2.12. The third kappa shape index (κ3) is 3.25. The average Bonchev–Trinajstić information content (AvgIpc) is 2.69. The predicted molar refractivity (Wildman–Crippen MR) is 99.4 cm³/mol. The van der Waals surface area contributed by atoms with Crippen molar-refractivity contribution in [3.8, 4) is 5.69 Å². The summed E-state index contributed by atoms with van der Waals surface area (Å²) in [5.74, 6) is -1.08. The van der Waals surface area contributed by atoms with Gasteiger partial charge in [-0.15, -0.1) is 0 Å². The van der Waals surface area contributed by atoms with Crippen molar-refractivity contribution >= 4 is 17.0 Å². The minimum absolute atomic E-state index is 0.0411. The Kier molecular flexibility index (Phi) is 4.40. The van der Waals surface area contributed by atoms with Gasteiger partial charge in [-0.2, -0.15) is 4.98 Å². The van der Waals surface area contributed by atoms with Gasteiger partial charge in [0.25, 0.3) is 5.56 Å². The van der Waals surface area contributed by atoms with E-state index in [0.717, 1.165) is 22.8 Å². The summed E-state index contributed by atoms with van der Waals surface area (Å²) >= 11 is 0. The summed E-state index contributed by atoms with van der Waals surface area (Å²) in [6, 6.07) is 11.6. The van der Waals surface area contributed by atoms with E-state index in [9.17, 15) is 18.4 Å². The fourth-order valence-electron chi connectivity index (χ4n) is 2.75. The van der Waals surface area contributed by atoms with Gasteiger partial charge in [0.15, 0.2) is 5.65 Å². The topological polar surface area (TPSA) is 92.7 Å². The lowest BCUT2D eigenvalue weighted by atomic mass is 10.2. The summed E-state index contributed by atoms with van der Waals surface area (Å²) in [4.78, 5) is 35.7. The third-order valence-electron chi connectivity index (χ3n) is 4.11. The molecular weight excluding hydrogens is 368 g/mol. The standard InChI is InChI=1S/C19H13F2N5O2/c20-12-6-7-15(21)11(8-12)9-22-18-23-10-14-16(24-18)25-19(28)26(17(14)27)13-4-2-1-3-5-13/h1-8,10H,9H2,(H2,22,23,24,25,28). The Hall–Kier alpha value is -3.88. The van der Waals surface area contributed by atoms with Crippen molar-refractivity contribution < 1.29 is 8.78 Å². The number of aromatic nitrogens is 4. The molecule has 2 aromatic carbocycles. The fourth-order valence-corrected chi connectivity index (χ4v) is 2.75. The molecule has 0 aliphatic carbocycles. The molecule has 2 aromatic heterocycles. The molecule has 7 nitrogen and oxygen atoms in total. The lowest BCUT2D eigenvalue weighted by Gasteiger charge is -2.08. The molecule has 2 heterocycles. The number of H-pyrrole nitrogens is 1. The second kappa shape index (κ2) is 7.03. The molecule has 28 heavy (non-hydrogen) atoms. The van der Waals surface area contributed by atoms with Gasteiger partial charge in [0.1, 0.15) is 17.0 Å². The number of nitrogens with zero attached hydrogens (tertiary/aromatic N) is 3. The van der Waals surface area contributed by atoms with Crippen molar-refractivity contribution in [3.63, 3.8) is 0 Å². The van der Waals surface area contributed by atoms with Crippen LogP contribution in [0.3, 0.4) is 0 Å². The number of benzene rings is 2. The lowest BCUT2D eigenvalue weighted by molar-refractivity contribution is 0.587. The van der Waals surface area contributed by atoms with Gasteiger partial charge >= 0.3 is 5.69 Å². The van der Waals surface area contributed by atoms with Gasteiger partial charge in [0, 0.05) is 18.3 Å². The highest BCUT2D eigenvalue weighted by Crippen LogP contribution is 2.12. The van der Waals surface area contributed by atoms with E-state index in [1.807, 2.05) is 0 Å². The normalized spacial score (nSPS) is 10.9. The van der Waals surface area contributed by atoms with E-state index in [2.05, 4.69) is 20.3 Å². The number of nitrogens with one attached hydrogen (secondary N) is 2. The van der Waals surface area contributed by atoms with Gasteiger partial charge in [-0.05, 0) is 30.3 Å². The van der Waals surface area contributed by atoms with E-state index in [1.54, 1.807) is 30.3 Å². The van der Waals surface area contributed by atoms with Crippen LogP contribution in [0.1, 0.15) is 5.56 Å². The minimum Gasteiger partial charge on any atom is -0.350 e. The third-order valence-corrected chi connectivity index (χ3v) is 4.11. The Morgan fingerprint density at radius 1 is 1.07 bits per heavy atom. The van der Waals surface area contributed by atoms with Gasteiger partial charge in [-0.1, -0.05) is 18.2 Å². The van der Waals surface area contributed by atoms with Gasteiger partial charge in [0.05, 0.1) is 5.69 Å². The molecule has 0 fully saturated rings. The first kappa shape index (κ1) is 17.5. The molecule has 0 amide bonds. The zero-order valence-electron chi connectivity index (χ0n) is 14.3. The smallest absolute Gasteiger partial charge is 0.334 e. The number of hydrogen-bond donors (Lipinski definition) is 2. The van der Waals surface area contributed by atoms with Crippen LogP contribution in [0.5, 0.6) is 0 Å². The van der Waals surface area contributed by atoms with Crippen molar-refractivity contribution in [2.45, 2.75) is 6.54 Å². The Morgan fingerprint density at radius 2 is 1.86 bits per heavy atom. The SMILES string of the molecule is O=c1[nH]c2nc(NCc3cc(F)ccc3F)ncc2c(=O)n1-c1ccccc1. The van der Waals surface area contributed by atoms with Gasteiger partial charge in [-0.25, -0.2) is 23.1 Å². The number of aromatic amines is 1. The summed E-state index contributed by atoms with van der Waals surface area (Å²) in [5, 5.41) is 2.86. The lowest BCUT2D eigenvalue weighted by Crippen LogP contribution is -2.34. The number of halogens is 2. The molecule has 4 aromatic rings. The minimum atomic E-state index is -0.649. The number of rotatable bonds is 4. The summed E-state index contributed by atoms with van der Waals surface area (Å²) in [5.41, 5.74) is -0.660. The van der Waals surface area contributed by atoms with Crippen LogP contribution in [-0.4, -0.2) is 19.5 Å². The quantitative estimate of drug-likeness (QED) is 0.566. The first-order valence-electron chi connectivity index (χ1n) is 8.28. The van der Waals surface area contributed by atoms with Crippen LogP contribution in [0.25, 0.3) is 16.7 Å². The first-order chi connectivity index (χ1) is 13.5. The van der Waals surface area contributed by atoms with E-state index in [4.69, 9.17) is 0 Å². The van der Waals surface area contributed by atoms with E-state index in [1.165, 1.54) is 6.20 Å². The number of anilines is 1. The van der Waals surface area contributed by atoms with Crippen molar-refractivity contribution in [3.05, 3.63) is 92.8 Å². The molecule has 0 atom stereocenters. The molecule has 0 saturated heterocycles. The fraction of sp³-hybridized carbons (Fsp3) is 0.0526. The second-order valence-electron chi connectivity index (χ2n) is 5.95. The largest absolute Gasteiger partial charge is 0.350 e. The molecule has 0 bridgehead atoms. The Bertz CT molecular complexity index is 1290. The summed E-state index contributed by atoms with van der Waals surface area (Å²) < 4.78 is 27.9. The molecule has 4 rings (SSSR count). The maximum atomic E-state index is 13.7. The average molecular weight is 381 g/mol. The van der Waals surface area contributed by atoms with Crippen LogP contribution >= 0.6 is 0 Å². The number of para-hydroxylation sites is 1. The zero-order chi connectivity index (χ0) is 19.7. The molecular formula is C19H13F2N5O2. The molecule has 0 aliphatic rings. The van der Waals surface area contributed by atoms with E-state index in [0.29, 0.717) is 5.69 Å². The van der Waals surface area contributed by atoms with Gasteiger partial charge in [0.2, 0.25) is 5.95 Å². The Morgan fingerprint density at radius 3 is 2.64 bits per heavy atom.